The number of fused-ring (bicyclic) bond motifs is 1. The third kappa shape index (κ3) is 5.48. The maximum absolute atomic E-state index is 13.8. The molecule has 0 unspecified atom stereocenters. The van der Waals surface area contributed by atoms with Crippen LogP contribution in [0.1, 0.15) is 47.2 Å². The number of hydrogen-bond donors (Lipinski definition) is 0. The number of rotatable bonds is 9. The van der Waals surface area contributed by atoms with Crippen LogP contribution in [0.2, 0.25) is 0 Å². The third-order valence-corrected chi connectivity index (χ3v) is 8.08. The molecule has 1 aliphatic heterocycles. The molecule has 0 saturated carbocycles. The molecule has 1 fully saturated rings. The van der Waals surface area contributed by atoms with Gasteiger partial charge in [0.1, 0.15) is 11.5 Å². The van der Waals surface area contributed by atoms with Crippen LogP contribution in [0.15, 0.2) is 66.7 Å². The average Bonchev–Trinajstić information content (AvgIpc) is 3.30. The highest BCUT2D eigenvalue weighted by molar-refractivity contribution is 7.22. The summed E-state index contributed by atoms with van der Waals surface area (Å²) in [5, 5.41) is 0.999. The van der Waals surface area contributed by atoms with Crippen molar-refractivity contribution in [3.63, 3.8) is 0 Å². The maximum atomic E-state index is 13.8. The van der Waals surface area contributed by atoms with Crippen molar-refractivity contribution in [2.24, 2.45) is 0 Å². The Hall–Kier alpha value is -3.15. The summed E-state index contributed by atoms with van der Waals surface area (Å²) >= 11 is 1.67. The van der Waals surface area contributed by atoms with Gasteiger partial charge < -0.3 is 14.4 Å². The highest BCUT2D eigenvalue weighted by Crippen LogP contribution is 2.40. The van der Waals surface area contributed by atoms with E-state index in [1.807, 2.05) is 48.5 Å². The second kappa shape index (κ2) is 11.3. The standard InChI is InChI=1S/C31H33NO3S/c1-22-7-16-27-28(21-22)36-31(24-10-12-25(34-2)13-11-24)29(27)30(33)23-8-14-26(15-9-23)35-20-6-19-32-17-4-3-5-18-32/h7-16,21H,3-6,17-20H2,1-2H3. The number of nitrogens with zero attached hydrogens (tertiary/aromatic N) is 1. The van der Waals surface area contributed by atoms with Gasteiger partial charge in [0, 0.05) is 32.6 Å². The monoisotopic (exact) mass is 499 g/mol. The maximum Gasteiger partial charge on any atom is 0.195 e. The van der Waals surface area contributed by atoms with Crippen LogP contribution >= 0.6 is 11.3 Å². The summed E-state index contributed by atoms with van der Waals surface area (Å²) in [6.45, 7) is 6.30. The highest BCUT2D eigenvalue weighted by atomic mass is 32.1. The van der Waals surface area contributed by atoms with Crippen molar-refractivity contribution in [1.82, 2.24) is 4.90 Å². The number of likely N-dealkylation sites (tertiary alicyclic amines) is 1. The zero-order valence-electron chi connectivity index (χ0n) is 21.1. The minimum Gasteiger partial charge on any atom is -0.497 e. The van der Waals surface area contributed by atoms with E-state index in [1.165, 1.54) is 37.9 Å². The lowest BCUT2D eigenvalue weighted by Gasteiger charge is -2.26. The first-order valence-corrected chi connectivity index (χ1v) is 13.6. The first-order valence-electron chi connectivity index (χ1n) is 12.8. The zero-order valence-corrected chi connectivity index (χ0v) is 21.9. The summed E-state index contributed by atoms with van der Waals surface area (Å²) in [5.41, 5.74) is 3.64. The number of ketones is 1. The summed E-state index contributed by atoms with van der Waals surface area (Å²) in [5.74, 6) is 1.65. The fourth-order valence-corrected chi connectivity index (χ4v) is 6.19. The Morgan fingerprint density at radius 2 is 1.64 bits per heavy atom. The first kappa shape index (κ1) is 24.5. The Morgan fingerprint density at radius 3 is 2.36 bits per heavy atom. The van der Waals surface area contributed by atoms with E-state index in [4.69, 9.17) is 9.47 Å². The molecule has 4 nitrogen and oxygen atoms in total. The van der Waals surface area contributed by atoms with Gasteiger partial charge in [0.2, 0.25) is 0 Å². The van der Waals surface area contributed by atoms with E-state index in [9.17, 15) is 4.79 Å². The minimum atomic E-state index is 0.0348. The van der Waals surface area contributed by atoms with Gasteiger partial charge in [-0.1, -0.05) is 18.6 Å². The lowest BCUT2D eigenvalue weighted by Crippen LogP contribution is -2.31. The summed E-state index contributed by atoms with van der Waals surface area (Å²) in [6.07, 6.45) is 5.01. The van der Waals surface area contributed by atoms with Gasteiger partial charge in [0.05, 0.1) is 13.7 Å². The number of aryl methyl sites for hydroxylation is 1. The Kier molecular flexibility index (Phi) is 7.69. The Morgan fingerprint density at radius 1 is 0.917 bits per heavy atom. The molecular formula is C31H33NO3S. The van der Waals surface area contributed by atoms with Gasteiger partial charge in [-0.15, -0.1) is 11.3 Å². The van der Waals surface area contributed by atoms with Crippen molar-refractivity contribution < 1.29 is 14.3 Å². The quantitative estimate of drug-likeness (QED) is 0.178. The lowest BCUT2D eigenvalue weighted by molar-refractivity contribution is 0.104. The molecule has 0 atom stereocenters. The van der Waals surface area contributed by atoms with Crippen LogP contribution in [0.25, 0.3) is 20.5 Å². The predicted molar refractivity (Wildman–Crippen MR) is 149 cm³/mol. The summed E-state index contributed by atoms with van der Waals surface area (Å²) < 4.78 is 12.4. The molecule has 0 radical (unpaired) electrons. The van der Waals surface area contributed by atoms with E-state index >= 15 is 0 Å². The van der Waals surface area contributed by atoms with E-state index < -0.39 is 0 Å². The number of benzene rings is 3. The van der Waals surface area contributed by atoms with Gasteiger partial charge in [-0.3, -0.25) is 4.79 Å². The Bertz CT molecular complexity index is 1320. The summed E-state index contributed by atoms with van der Waals surface area (Å²) in [7, 11) is 1.66. The van der Waals surface area contributed by atoms with E-state index in [0.29, 0.717) is 12.2 Å². The molecule has 0 amide bonds. The number of thiophene rings is 1. The molecule has 186 valence electrons. The average molecular weight is 500 g/mol. The first-order chi connectivity index (χ1) is 17.6. The van der Waals surface area contributed by atoms with Crippen molar-refractivity contribution in [3.05, 3.63) is 83.4 Å². The molecule has 1 saturated heterocycles. The lowest BCUT2D eigenvalue weighted by atomic mass is 9.97. The van der Waals surface area contributed by atoms with Crippen molar-refractivity contribution >= 4 is 27.2 Å². The largest absolute Gasteiger partial charge is 0.497 e. The van der Waals surface area contributed by atoms with E-state index in [-0.39, 0.29) is 5.78 Å². The third-order valence-electron chi connectivity index (χ3n) is 6.88. The summed E-state index contributed by atoms with van der Waals surface area (Å²) in [4.78, 5) is 17.3. The van der Waals surface area contributed by atoms with Crippen molar-refractivity contribution in [1.29, 1.82) is 0 Å². The number of carbonyl (C=O) groups is 1. The van der Waals surface area contributed by atoms with Crippen LogP contribution in [0, 0.1) is 6.92 Å². The summed E-state index contributed by atoms with van der Waals surface area (Å²) in [6, 6.07) is 21.8. The fraction of sp³-hybridized carbons (Fsp3) is 0.323. The fourth-order valence-electron chi connectivity index (χ4n) is 4.88. The normalized spacial score (nSPS) is 14.2. The number of carbonyl (C=O) groups excluding carboxylic acids is 1. The second-order valence-electron chi connectivity index (χ2n) is 9.49. The van der Waals surface area contributed by atoms with Crippen LogP contribution < -0.4 is 9.47 Å². The van der Waals surface area contributed by atoms with Gasteiger partial charge in [-0.05, 0) is 105 Å². The SMILES string of the molecule is COc1ccc(-c2sc3cc(C)ccc3c2C(=O)c2ccc(OCCCN3CCCCC3)cc2)cc1. The van der Waals surface area contributed by atoms with Crippen LogP contribution in [0.5, 0.6) is 11.5 Å². The molecule has 2 heterocycles. The molecule has 0 N–H and O–H groups in total. The number of ether oxygens (including phenoxy) is 2. The van der Waals surface area contributed by atoms with Crippen molar-refractivity contribution in [2.45, 2.75) is 32.6 Å². The van der Waals surface area contributed by atoms with Crippen LogP contribution in [0.4, 0.5) is 0 Å². The smallest absolute Gasteiger partial charge is 0.195 e. The number of hydrogen-bond acceptors (Lipinski definition) is 5. The molecule has 0 bridgehead atoms. The molecule has 1 aliphatic rings. The second-order valence-corrected chi connectivity index (χ2v) is 10.5. The van der Waals surface area contributed by atoms with Crippen molar-refractivity contribution in [3.8, 4) is 21.9 Å². The van der Waals surface area contributed by atoms with Gasteiger partial charge in [-0.25, -0.2) is 0 Å². The van der Waals surface area contributed by atoms with Crippen LogP contribution in [-0.2, 0) is 0 Å². The molecular weight excluding hydrogens is 466 g/mol. The van der Waals surface area contributed by atoms with Gasteiger partial charge >= 0.3 is 0 Å². The van der Waals surface area contributed by atoms with Crippen LogP contribution in [0.3, 0.4) is 0 Å². The van der Waals surface area contributed by atoms with Gasteiger partial charge in [0.15, 0.2) is 5.78 Å². The van der Waals surface area contributed by atoms with Gasteiger partial charge in [-0.2, -0.15) is 0 Å². The Balaban J connectivity index is 1.34. The predicted octanol–water partition coefficient (Wildman–Crippen LogP) is 7.37. The molecule has 5 rings (SSSR count). The highest BCUT2D eigenvalue weighted by Gasteiger charge is 2.22. The van der Waals surface area contributed by atoms with E-state index in [2.05, 4.69) is 30.0 Å². The van der Waals surface area contributed by atoms with E-state index in [0.717, 1.165) is 50.6 Å². The molecule has 4 aromatic rings. The molecule has 1 aromatic heterocycles. The molecule has 36 heavy (non-hydrogen) atoms. The topological polar surface area (TPSA) is 38.8 Å². The molecule has 3 aromatic carbocycles. The molecule has 5 heteroatoms. The zero-order chi connectivity index (χ0) is 24.9. The van der Waals surface area contributed by atoms with Crippen LogP contribution in [-0.4, -0.2) is 44.0 Å². The molecule has 0 aliphatic carbocycles. The van der Waals surface area contributed by atoms with Crippen molar-refractivity contribution in [2.75, 3.05) is 33.4 Å². The van der Waals surface area contributed by atoms with E-state index in [1.54, 1.807) is 18.4 Å². The Labute approximate surface area is 217 Å². The minimum absolute atomic E-state index is 0.0348. The molecule has 0 spiro atoms. The van der Waals surface area contributed by atoms with Gasteiger partial charge in [0.25, 0.3) is 0 Å². The number of piperidine rings is 1. The number of methoxy groups -OCH3 is 1.